The van der Waals surface area contributed by atoms with Crippen LogP contribution in [0, 0.1) is 5.92 Å². The molecule has 0 spiro atoms. The summed E-state index contributed by atoms with van der Waals surface area (Å²) in [5.74, 6) is 2.62. The molecule has 0 heterocycles. The van der Waals surface area contributed by atoms with Gasteiger partial charge in [0, 0.05) is 6.04 Å². The molecular formula is C19H29NO. The molecular weight excluding hydrogens is 258 g/mol. The first kappa shape index (κ1) is 14.9. The van der Waals surface area contributed by atoms with E-state index in [1.807, 2.05) is 0 Å². The van der Waals surface area contributed by atoms with Gasteiger partial charge in [-0.2, -0.15) is 0 Å². The maximum absolute atomic E-state index is 6.05. The van der Waals surface area contributed by atoms with E-state index in [1.54, 1.807) is 0 Å². The fourth-order valence-corrected chi connectivity index (χ4v) is 3.43. The summed E-state index contributed by atoms with van der Waals surface area (Å²) < 4.78 is 6.05. The highest BCUT2D eigenvalue weighted by molar-refractivity contribution is 5.39. The Morgan fingerprint density at radius 1 is 1.14 bits per heavy atom. The first-order valence-electron chi connectivity index (χ1n) is 8.73. The molecule has 2 aliphatic rings. The van der Waals surface area contributed by atoms with E-state index in [9.17, 15) is 0 Å². The summed E-state index contributed by atoms with van der Waals surface area (Å²) >= 11 is 0. The van der Waals surface area contributed by atoms with Crippen LogP contribution in [0.2, 0.25) is 0 Å². The van der Waals surface area contributed by atoms with E-state index in [1.165, 1.54) is 56.1 Å². The fraction of sp³-hybridized carbons (Fsp3) is 0.684. The summed E-state index contributed by atoms with van der Waals surface area (Å²) in [5.41, 5.74) is 8.85. The van der Waals surface area contributed by atoms with Crippen molar-refractivity contribution < 1.29 is 4.74 Å². The number of benzene rings is 1. The van der Waals surface area contributed by atoms with Gasteiger partial charge in [-0.15, -0.1) is 0 Å². The first-order valence-corrected chi connectivity index (χ1v) is 8.73. The van der Waals surface area contributed by atoms with Crippen LogP contribution in [-0.4, -0.2) is 12.6 Å². The minimum atomic E-state index is 0.190. The van der Waals surface area contributed by atoms with Crippen LogP contribution in [0.15, 0.2) is 18.2 Å². The third-order valence-electron chi connectivity index (χ3n) is 4.87. The molecule has 1 unspecified atom stereocenters. The molecule has 0 aliphatic heterocycles. The third-order valence-corrected chi connectivity index (χ3v) is 4.87. The van der Waals surface area contributed by atoms with Crippen molar-refractivity contribution >= 4 is 0 Å². The van der Waals surface area contributed by atoms with E-state index < -0.39 is 0 Å². The number of ether oxygens (including phenoxy) is 1. The molecule has 3 rings (SSSR count). The standard InChI is InChI=1S/C19H29NO/c1-14(20)11-18-12-17(16-5-3-2-4-6-16)9-10-19(18)21-13-15-7-8-15/h9-10,12,14-16H,2-8,11,13,20H2,1H3. The van der Waals surface area contributed by atoms with Crippen molar-refractivity contribution in [2.24, 2.45) is 11.7 Å². The zero-order valence-electron chi connectivity index (χ0n) is 13.3. The summed E-state index contributed by atoms with van der Waals surface area (Å²) in [6.45, 7) is 2.96. The van der Waals surface area contributed by atoms with Gasteiger partial charge in [-0.05, 0) is 68.1 Å². The van der Waals surface area contributed by atoms with E-state index in [2.05, 4.69) is 25.1 Å². The Balaban J connectivity index is 1.75. The molecule has 0 aromatic heterocycles. The van der Waals surface area contributed by atoms with E-state index in [-0.39, 0.29) is 6.04 Å². The topological polar surface area (TPSA) is 35.2 Å². The van der Waals surface area contributed by atoms with Crippen molar-refractivity contribution in [1.82, 2.24) is 0 Å². The van der Waals surface area contributed by atoms with E-state index in [4.69, 9.17) is 10.5 Å². The molecule has 2 aliphatic carbocycles. The largest absolute Gasteiger partial charge is 0.493 e. The maximum Gasteiger partial charge on any atom is 0.122 e. The Labute approximate surface area is 129 Å². The van der Waals surface area contributed by atoms with Gasteiger partial charge in [0.2, 0.25) is 0 Å². The molecule has 0 amide bonds. The second-order valence-corrected chi connectivity index (χ2v) is 7.14. The summed E-state index contributed by atoms with van der Waals surface area (Å²) in [5, 5.41) is 0. The average Bonchev–Trinajstić information content (AvgIpc) is 3.30. The van der Waals surface area contributed by atoms with E-state index >= 15 is 0 Å². The van der Waals surface area contributed by atoms with Crippen LogP contribution in [0.3, 0.4) is 0 Å². The van der Waals surface area contributed by atoms with Crippen molar-refractivity contribution in [3.05, 3.63) is 29.3 Å². The van der Waals surface area contributed by atoms with E-state index in [0.29, 0.717) is 0 Å². The van der Waals surface area contributed by atoms with Crippen LogP contribution >= 0.6 is 0 Å². The molecule has 116 valence electrons. The Morgan fingerprint density at radius 2 is 1.90 bits per heavy atom. The molecule has 0 saturated heterocycles. The van der Waals surface area contributed by atoms with Gasteiger partial charge in [0.15, 0.2) is 0 Å². The zero-order chi connectivity index (χ0) is 14.7. The van der Waals surface area contributed by atoms with Crippen LogP contribution in [-0.2, 0) is 6.42 Å². The van der Waals surface area contributed by atoms with Crippen molar-refractivity contribution in [3.8, 4) is 5.75 Å². The zero-order valence-corrected chi connectivity index (χ0v) is 13.3. The minimum Gasteiger partial charge on any atom is -0.493 e. The average molecular weight is 287 g/mol. The highest BCUT2D eigenvalue weighted by Gasteiger charge is 2.23. The van der Waals surface area contributed by atoms with Crippen molar-refractivity contribution in [1.29, 1.82) is 0 Å². The highest BCUT2D eigenvalue weighted by Crippen LogP contribution is 2.36. The van der Waals surface area contributed by atoms with Gasteiger partial charge in [-0.25, -0.2) is 0 Å². The lowest BCUT2D eigenvalue weighted by Gasteiger charge is -2.23. The van der Waals surface area contributed by atoms with Gasteiger partial charge < -0.3 is 10.5 Å². The number of hydrogen-bond acceptors (Lipinski definition) is 2. The van der Waals surface area contributed by atoms with Crippen LogP contribution < -0.4 is 10.5 Å². The Kier molecular flexibility index (Phi) is 4.84. The molecule has 2 N–H and O–H groups in total. The summed E-state index contributed by atoms with van der Waals surface area (Å²) in [4.78, 5) is 0. The minimum absolute atomic E-state index is 0.190. The maximum atomic E-state index is 6.05. The van der Waals surface area contributed by atoms with Gasteiger partial charge in [0.1, 0.15) is 5.75 Å². The summed E-state index contributed by atoms with van der Waals surface area (Å²) in [7, 11) is 0. The Morgan fingerprint density at radius 3 is 2.57 bits per heavy atom. The van der Waals surface area contributed by atoms with Crippen molar-refractivity contribution in [2.75, 3.05) is 6.61 Å². The summed E-state index contributed by atoms with van der Waals surface area (Å²) in [6, 6.07) is 7.06. The molecule has 2 fully saturated rings. The van der Waals surface area contributed by atoms with Crippen LogP contribution in [0.5, 0.6) is 5.75 Å². The van der Waals surface area contributed by atoms with Gasteiger partial charge in [0.25, 0.3) is 0 Å². The molecule has 0 bridgehead atoms. The third kappa shape index (κ3) is 4.23. The molecule has 2 heteroatoms. The number of hydrogen-bond donors (Lipinski definition) is 1. The Bertz CT molecular complexity index is 459. The molecule has 0 radical (unpaired) electrons. The molecule has 1 aromatic carbocycles. The van der Waals surface area contributed by atoms with Gasteiger partial charge in [-0.1, -0.05) is 31.4 Å². The number of nitrogens with two attached hydrogens (primary N) is 1. The molecule has 2 nitrogen and oxygen atoms in total. The predicted molar refractivity (Wildman–Crippen MR) is 87.8 cm³/mol. The second-order valence-electron chi connectivity index (χ2n) is 7.14. The van der Waals surface area contributed by atoms with E-state index in [0.717, 1.165) is 30.6 Å². The van der Waals surface area contributed by atoms with Crippen LogP contribution in [0.25, 0.3) is 0 Å². The number of rotatable bonds is 6. The normalized spacial score (nSPS) is 21.2. The monoisotopic (exact) mass is 287 g/mol. The molecule has 1 atom stereocenters. The van der Waals surface area contributed by atoms with Crippen LogP contribution in [0.4, 0.5) is 0 Å². The first-order chi connectivity index (χ1) is 10.2. The molecule has 21 heavy (non-hydrogen) atoms. The molecule has 1 aromatic rings. The van der Waals surface area contributed by atoms with Crippen molar-refractivity contribution in [3.63, 3.8) is 0 Å². The quantitative estimate of drug-likeness (QED) is 0.841. The fourth-order valence-electron chi connectivity index (χ4n) is 3.43. The smallest absolute Gasteiger partial charge is 0.122 e. The highest BCUT2D eigenvalue weighted by atomic mass is 16.5. The summed E-state index contributed by atoms with van der Waals surface area (Å²) in [6.07, 6.45) is 10.5. The van der Waals surface area contributed by atoms with Crippen LogP contribution in [0.1, 0.15) is 68.9 Å². The lowest BCUT2D eigenvalue weighted by Crippen LogP contribution is -2.19. The lowest BCUT2D eigenvalue weighted by molar-refractivity contribution is 0.296. The van der Waals surface area contributed by atoms with Gasteiger partial charge in [-0.3, -0.25) is 0 Å². The predicted octanol–water partition coefficient (Wildman–Crippen LogP) is 4.41. The molecule has 2 saturated carbocycles. The van der Waals surface area contributed by atoms with Gasteiger partial charge in [0.05, 0.1) is 6.61 Å². The Hall–Kier alpha value is -1.02. The SMILES string of the molecule is CC(N)Cc1cc(C2CCCCC2)ccc1OCC1CC1. The second kappa shape index (κ2) is 6.83. The van der Waals surface area contributed by atoms with Gasteiger partial charge >= 0.3 is 0 Å². The lowest BCUT2D eigenvalue weighted by atomic mass is 9.83. The van der Waals surface area contributed by atoms with Crippen molar-refractivity contribution in [2.45, 2.75) is 70.3 Å².